The molecule has 0 spiro atoms. The molecule has 8 heteroatoms. The minimum absolute atomic E-state index is 0.0348. The summed E-state index contributed by atoms with van der Waals surface area (Å²) in [5.74, 6) is 0.155. The molecule has 0 aromatic carbocycles. The molecule has 0 aliphatic heterocycles. The van der Waals surface area contributed by atoms with Crippen LogP contribution in [-0.4, -0.2) is 24.5 Å². The monoisotopic (exact) mass is 296 g/mol. The van der Waals surface area contributed by atoms with Gasteiger partial charge < -0.3 is 4.57 Å². The average Bonchev–Trinajstić information content (AvgIpc) is 2.70. The first-order valence-electron chi connectivity index (χ1n) is 5.80. The van der Waals surface area contributed by atoms with Gasteiger partial charge in [-0.1, -0.05) is 11.6 Å². The van der Waals surface area contributed by atoms with E-state index in [-0.39, 0.29) is 12.1 Å². The minimum atomic E-state index is -0.600. The number of rotatable bonds is 3. The van der Waals surface area contributed by atoms with Gasteiger partial charge in [-0.3, -0.25) is 18.7 Å². The third kappa shape index (κ3) is 2.32. The lowest BCUT2D eigenvalue weighted by Crippen LogP contribution is -2.40. The number of nitrogens with zero attached hydrogens (tertiary/aromatic N) is 4. The Morgan fingerprint density at radius 3 is 2.45 bits per heavy atom. The third-order valence-electron chi connectivity index (χ3n) is 3.07. The van der Waals surface area contributed by atoms with Crippen molar-refractivity contribution in [3.63, 3.8) is 0 Å². The molecule has 0 aliphatic rings. The van der Waals surface area contributed by atoms with Gasteiger partial charge in [-0.15, -0.1) is 0 Å². The van der Waals surface area contributed by atoms with Crippen molar-refractivity contribution in [2.45, 2.75) is 13.5 Å². The van der Waals surface area contributed by atoms with Gasteiger partial charge in [0.2, 0.25) is 0 Å². The van der Waals surface area contributed by atoms with Crippen LogP contribution in [0, 0.1) is 0 Å². The number of aromatic nitrogens is 4. The summed E-state index contributed by atoms with van der Waals surface area (Å²) in [7, 11) is 3.04. The molecular formula is C12H13ClN4O3. The van der Waals surface area contributed by atoms with Gasteiger partial charge >= 0.3 is 5.69 Å². The highest BCUT2D eigenvalue weighted by Gasteiger charge is 2.14. The Morgan fingerprint density at radius 2 is 1.95 bits per heavy atom. The highest BCUT2D eigenvalue weighted by atomic mass is 35.5. The Hall–Kier alpha value is -2.15. The van der Waals surface area contributed by atoms with Crippen LogP contribution < -0.4 is 11.2 Å². The average molecular weight is 297 g/mol. The lowest BCUT2D eigenvalue weighted by Gasteiger charge is -2.09. The van der Waals surface area contributed by atoms with Crippen molar-refractivity contribution < 1.29 is 4.79 Å². The van der Waals surface area contributed by atoms with Crippen LogP contribution in [-0.2, 0) is 20.6 Å². The molecule has 0 radical (unpaired) electrons. The van der Waals surface area contributed by atoms with Crippen molar-refractivity contribution in [3.05, 3.63) is 49.8 Å². The van der Waals surface area contributed by atoms with Crippen LogP contribution in [0.15, 0.2) is 22.0 Å². The molecule has 2 aromatic rings. The molecule has 7 nitrogen and oxygen atoms in total. The standard InChI is InChI=1S/C12H13ClN4O3/c1-7(18)8-5-17(12(20)16(3)11(8)19)6-10-14-4-9(13)15(10)2/h4-5H,6H2,1-3H3. The van der Waals surface area contributed by atoms with E-state index < -0.39 is 17.0 Å². The van der Waals surface area contributed by atoms with Crippen LogP contribution in [0.1, 0.15) is 23.1 Å². The van der Waals surface area contributed by atoms with Crippen molar-refractivity contribution in [3.8, 4) is 0 Å². The van der Waals surface area contributed by atoms with Crippen LogP contribution in [0.4, 0.5) is 0 Å². The maximum Gasteiger partial charge on any atom is 0.331 e. The smallest absolute Gasteiger partial charge is 0.321 e. The van der Waals surface area contributed by atoms with Gasteiger partial charge in [0.15, 0.2) is 5.78 Å². The Balaban J connectivity index is 2.58. The van der Waals surface area contributed by atoms with E-state index in [0.29, 0.717) is 11.0 Å². The van der Waals surface area contributed by atoms with Gasteiger partial charge in [0.25, 0.3) is 5.56 Å². The van der Waals surface area contributed by atoms with E-state index in [1.807, 2.05) is 0 Å². The Bertz CT molecular complexity index is 800. The fourth-order valence-electron chi connectivity index (χ4n) is 1.80. The first-order valence-corrected chi connectivity index (χ1v) is 6.18. The number of carbonyl (C=O) groups is 1. The molecule has 106 valence electrons. The Morgan fingerprint density at radius 1 is 1.30 bits per heavy atom. The van der Waals surface area contributed by atoms with Gasteiger partial charge in [-0.2, -0.15) is 0 Å². The van der Waals surface area contributed by atoms with E-state index in [1.165, 1.54) is 30.9 Å². The van der Waals surface area contributed by atoms with Crippen LogP contribution >= 0.6 is 11.6 Å². The maximum absolute atomic E-state index is 12.0. The van der Waals surface area contributed by atoms with E-state index in [9.17, 15) is 14.4 Å². The van der Waals surface area contributed by atoms with Gasteiger partial charge in [-0.25, -0.2) is 9.78 Å². The van der Waals surface area contributed by atoms with E-state index in [2.05, 4.69) is 4.98 Å². The van der Waals surface area contributed by atoms with Crippen LogP contribution in [0.25, 0.3) is 0 Å². The molecule has 0 bridgehead atoms. The quantitative estimate of drug-likeness (QED) is 0.757. The zero-order valence-corrected chi connectivity index (χ0v) is 12.0. The zero-order chi connectivity index (χ0) is 15.0. The topological polar surface area (TPSA) is 78.9 Å². The molecule has 0 saturated heterocycles. The molecule has 0 unspecified atom stereocenters. The number of carbonyl (C=O) groups excluding carboxylic acids is 1. The molecule has 0 atom stereocenters. The predicted octanol–water partition coefficient (Wildman–Crippen LogP) is 0.185. The molecule has 2 rings (SSSR count). The number of imidazole rings is 1. The molecule has 2 aromatic heterocycles. The second-order valence-electron chi connectivity index (χ2n) is 4.43. The molecule has 0 saturated carbocycles. The van der Waals surface area contributed by atoms with Gasteiger partial charge in [0, 0.05) is 20.3 Å². The molecular weight excluding hydrogens is 284 g/mol. The van der Waals surface area contributed by atoms with Gasteiger partial charge in [0.05, 0.1) is 18.3 Å². The summed E-state index contributed by atoms with van der Waals surface area (Å²) in [4.78, 5) is 39.3. The van der Waals surface area contributed by atoms with Crippen molar-refractivity contribution in [2.24, 2.45) is 14.1 Å². The maximum atomic E-state index is 12.0. The summed E-state index contributed by atoms with van der Waals surface area (Å²) in [6.07, 6.45) is 2.73. The van der Waals surface area contributed by atoms with Crippen molar-refractivity contribution in [2.75, 3.05) is 0 Å². The predicted molar refractivity (Wildman–Crippen MR) is 73.3 cm³/mol. The summed E-state index contributed by atoms with van der Waals surface area (Å²) in [6.45, 7) is 1.40. The van der Waals surface area contributed by atoms with Crippen LogP contribution in [0.3, 0.4) is 0 Å². The lowest BCUT2D eigenvalue weighted by molar-refractivity contribution is 0.101. The van der Waals surface area contributed by atoms with Crippen molar-refractivity contribution >= 4 is 17.4 Å². The molecule has 0 fully saturated rings. The third-order valence-corrected chi connectivity index (χ3v) is 3.42. The summed E-state index contributed by atoms with van der Waals surface area (Å²) in [5.41, 5.74) is -1.15. The Kier molecular flexibility index (Phi) is 3.63. The van der Waals surface area contributed by atoms with Gasteiger partial charge in [-0.05, 0) is 6.92 Å². The molecule has 0 aliphatic carbocycles. The van der Waals surface area contributed by atoms with E-state index >= 15 is 0 Å². The second kappa shape index (κ2) is 5.09. The summed E-state index contributed by atoms with van der Waals surface area (Å²) in [6, 6.07) is 0. The first-order chi connectivity index (χ1) is 9.32. The number of Topliss-reactive ketones (excluding diaryl/α,β-unsaturated/α-hetero) is 1. The molecule has 20 heavy (non-hydrogen) atoms. The van der Waals surface area contributed by atoms with Crippen LogP contribution in [0.2, 0.25) is 5.15 Å². The normalized spacial score (nSPS) is 10.8. The minimum Gasteiger partial charge on any atom is -0.321 e. The summed E-state index contributed by atoms with van der Waals surface area (Å²) < 4.78 is 3.78. The number of hydrogen-bond donors (Lipinski definition) is 0. The van der Waals surface area contributed by atoms with E-state index in [0.717, 1.165) is 4.57 Å². The van der Waals surface area contributed by atoms with Crippen molar-refractivity contribution in [1.29, 1.82) is 0 Å². The number of halogens is 1. The van der Waals surface area contributed by atoms with E-state index in [1.54, 1.807) is 11.6 Å². The molecule has 0 N–H and O–H groups in total. The SMILES string of the molecule is CC(=O)c1cn(Cc2ncc(Cl)n2C)c(=O)n(C)c1=O. The van der Waals surface area contributed by atoms with Crippen molar-refractivity contribution in [1.82, 2.24) is 18.7 Å². The van der Waals surface area contributed by atoms with Crippen LogP contribution in [0.5, 0.6) is 0 Å². The Labute approximate surface area is 119 Å². The largest absolute Gasteiger partial charge is 0.331 e. The zero-order valence-electron chi connectivity index (χ0n) is 11.3. The summed E-state index contributed by atoms with van der Waals surface area (Å²) in [5, 5.41) is 0.435. The number of hydrogen-bond acceptors (Lipinski definition) is 4. The fraction of sp³-hybridized carbons (Fsp3) is 0.333. The highest BCUT2D eigenvalue weighted by Crippen LogP contribution is 2.09. The van der Waals surface area contributed by atoms with E-state index in [4.69, 9.17) is 11.6 Å². The molecule has 0 amide bonds. The highest BCUT2D eigenvalue weighted by molar-refractivity contribution is 6.29. The second-order valence-corrected chi connectivity index (χ2v) is 4.82. The molecule has 2 heterocycles. The van der Waals surface area contributed by atoms with Gasteiger partial charge in [0.1, 0.15) is 11.0 Å². The fourth-order valence-corrected chi connectivity index (χ4v) is 1.95. The number of ketones is 1. The first kappa shape index (κ1) is 14.3. The lowest BCUT2D eigenvalue weighted by atomic mass is 10.2. The summed E-state index contributed by atoms with van der Waals surface area (Å²) >= 11 is 5.88.